The molecule has 2 saturated carbocycles. The summed E-state index contributed by atoms with van der Waals surface area (Å²) in [4.78, 5) is 21.4. The van der Waals surface area contributed by atoms with Gasteiger partial charge in [-0.1, -0.05) is 0 Å². The lowest BCUT2D eigenvalue weighted by molar-refractivity contribution is -0.328. The van der Waals surface area contributed by atoms with Crippen LogP contribution < -0.4 is 10.2 Å². The van der Waals surface area contributed by atoms with Crippen molar-refractivity contribution in [3.05, 3.63) is 0 Å². The van der Waals surface area contributed by atoms with E-state index in [9.17, 15) is 19.8 Å². The highest BCUT2D eigenvalue weighted by molar-refractivity contribution is 5.79. The first-order valence-corrected chi connectivity index (χ1v) is 4.53. The van der Waals surface area contributed by atoms with Crippen LogP contribution in [0.25, 0.3) is 0 Å². The first-order valence-electron chi connectivity index (χ1n) is 4.53. The average molecular weight is 182 g/mol. The Kier molecular flexibility index (Phi) is 1.78. The molecule has 4 heteroatoms. The maximum Gasteiger partial charge on any atom is 0.0454 e. The zero-order valence-electron chi connectivity index (χ0n) is 7.06. The maximum atomic E-state index is 10.7. The molecule has 0 aromatic heterocycles. The summed E-state index contributed by atoms with van der Waals surface area (Å²) in [6.45, 7) is 0. The fourth-order valence-corrected chi connectivity index (χ4v) is 2.97. The van der Waals surface area contributed by atoms with Crippen molar-refractivity contribution >= 4 is 11.9 Å². The molecule has 72 valence electrons. The van der Waals surface area contributed by atoms with E-state index >= 15 is 0 Å². The Hall–Kier alpha value is -1.06. The maximum absolute atomic E-state index is 10.7. The molecule has 0 aromatic rings. The van der Waals surface area contributed by atoms with Crippen LogP contribution in [0.15, 0.2) is 0 Å². The molecule has 0 radical (unpaired) electrons. The number of carbonyl (C=O) groups is 2. The summed E-state index contributed by atoms with van der Waals surface area (Å²) in [5, 5.41) is 21.4. The monoisotopic (exact) mass is 182 g/mol. The first kappa shape index (κ1) is 8.53. The van der Waals surface area contributed by atoms with E-state index in [2.05, 4.69) is 0 Å². The van der Waals surface area contributed by atoms with Crippen molar-refractivity contribution in [3.63, 3.8) is 0 Å². The van der Waals surface area contributed by atoms with Gasteiger partial charge in [0.15, 0.2) is 0 Å². The Morgan fingerprint density at radius 3 is 1.62 bits per heavy atom. The molecule has 0 heterocycles. The quantitative estimate of drug-likeness (QED) is 0.502. The van der Waals surface area contributed by atoms with Crippen molar-refractivity contribution in [1.29, 1.82) is 0 Å². The molecule has 0 N–H and O–H groups in total. The molecule has 0 saturated heterocycles. The molecule has 2 bridgehead atoms. The fourth-order valence-electron chi connectivity index (χ4n) is 2.97. The van der Waals surface area contributed by atoms with Crippen molar-refractivity contribution in [2.24, 2.45) is 23.7 Å². The third-order valence-electron chi connectivity index (χ3n) is 3.46. The van der Waals surface area contributed by atoms with Gasteiger partial charge in [0.05, 0.1) is 0 Å². The number of aliphatic carboxylic acids is 2. The molecule has 0 aliphatic heterocycles. The summed E-state index contributed by atoms with van der Waals surface area (Å²) in [5.41, 5.74) is 0. The largest absolute Gasteiger partial charge is 0.550 e. The number of carbonyl (C=O) groups excluding carboxylic acids is 2. The summed E-state index contributed by atoms with van der Waals surface area (Å²) >= 11 is 0. The van der Waals surface area contributed by atoms with Gasteiger partial charge in [0.1, 0.15) is 0 Å². The van der Waals surface area contributed by atoms with Crippen LogP contribution in [0.5, 0.6) is 0 Å². The standard InChI is InChI=1S/C9H12O4/c10-8(11)6-4-1-2-5(3-4)7(6)9(12)13/h4-7H,1-3H2,(H,10,11)(H,12,13)/p-2/t4-,5+,6+,7-. The van der Waals surface area contributed by atoms with Crippen molar-refractivity contribution < 1.29 is 19.8 Å². The van der Waals surface area contributed by atoms with E-state index < -0.39 is 23.8 Å². The van der Waals surface area contributed by atoms with Crippen molar-refractivity contribution in [2.75, 3.05) is 0 Å². The van der Waals surface area contributed by atoms with Gasteiger partial charge in [0.25, 0.3) is 0 Å². The SMILES string of the molecule is O=C([O-])[C@@H]1[C@H]2CC[C@H](C2)[C@@H]1C(=O)[O-]. The first-order chi connectivity index (χ1) is 6.11. The van der Waals surface area contributed by atoms with E-state index in [1.54, 1.807) is 0 Å². The summed E-state index contributed by atoms with van der Waals surface area (Å²) in [6, 6.07) is 0. The summed E-state index contributed by atoms with van der Waals surface area (Å²) in [7, 11) is 0. The number of carboxylic acids is 2. The number of carboxylic acid groups (broad SMARTS) is 2. The molecule has 2 aliphatic carbocycles. The summed E-state index contributed by atoms with van der Waals surface area (Å²) < 4.78 is 0. The second-order valence-electron chi connectivity index (χ2n) is 4.02. The average Bonchev–Trinajstić information content (AvgIpc) is 2.60. The van der Waals surface area contributed by atoms with Gasteiger partial charge in [0, 0.05) is 23.8 Å². The molecular weight excluding hydrogens is 172 g/mol. The zero-order valence-corrected chi connectivity index (χ0v) is 7.06. The number of hydrogen-bond donors (Lipinski definition) is 0. The molecular formula is C9H10O4-2. The van der Waals surface area contributed by atoms with Gasteiger partial charge in [-0.05, 0) is 31.1 Å². The third-order valence-corrected chi connectivity index (χ3v) is 3.46. The lowest BCUT2D eigenvalue weighted by Gasteiger charge is -2.32. The van der Waals surface area contributed by atoms with E-state index in [4.69, 9.17) is 0 Å². The minimum atomic E-state index is -1.22. The van der Waals surface area contributed by atoms with Crippen molar-refractivity contribution in [1.82, 2.24) is 0 Å². The van der Waals surface area contributed by atoms with Crippen molar-refractivity contribution in [3.8, 4) is 0 Å². The number of rotatable bonds is 2. The van der Waals surface area contributed by atoms with Gasteiger partial charge < -0.3 is 19.8 Å². The Morgan fingerprint density at radius 1 is 0.923 bits per heavy atom. The molecule has 0 amide bonds. The Bertz CT molecular complexity index is 234. The van der Waals surface area contributed by atoms with E-state index in [1.807, 2.05) is 0 Å². The molecule has 2 fully saturated rings. The Morgan fingerprint density at radius 2 is 1.31 bits per heavy atom. The van der Waals surface area contributed by atoms with Gasteiger partial charge in [-0.2, -0.15) is 0 Å². The van der Waals surface area contributed by atoms with Crippen LogP contribution in [0.1, 0.15) is 19.3 Å². The van der Waals surface area contributed by atoms with Crippen molar-refractivity contribution in [2.45, 2.75) is 19.3 Å². The highest BCUT2D eigenvalue weighted by Crippen LogP contribution is 2.51. The van der Waals surface area contributed by atoms with Crippen LogP contribution in [0.4, 0.5) is 0 Å². The third kappa shape index (κ3) is 1.12. The molecule has 4 atom stereocenters. The molecule has 0 unspecified atom stereocenters. The highest BCUT2D eigenvalue weighted by Gasteiger charge is 2.48. The predicted molar refractivity (Wildman–Crippen MR) is 37.8 cm³/mol. The van der Waals surface area contributed by atoms with Crippen LogP contribution in [-0.4, -0.2) is 11.9 Å². The van der Waals surface area contributed by atoms with Gasteiger partial charge in [-0.25, -0.2) is 0 Å². The Labute approximate surface area is 75.6 Å². The fraction of sp³-hybridized carbons (Fsp3) is 0.778. The second-order valence-corrected chi connectivity index (χ2v) is 4.02. The van der Waals surface area contributed by atoms with Crippen LogP contribution in [0.2, 0.25) is 0 Å². The molecule has 0 aromatic carbocycles. The lowest BCUT2D eigenvalue weighted by atomic mass is 9.79. The van der Waals surface area contributed by atoms with Gasteiger partial charge in [0.2, 0.25) is 0 Å². The zero-order chi connectivity index (χ0) is 9.59. The molecule has 0 spiro atoms. The molecule has 4 nitrogen and oxygen atoms in total. The van der Waals surface area contributed by atoms with Crippen LogP contribution in [0.3, 0.4) is 0 Å². The Balaban J connectivity index is 2.24. The molecule has 2 aliphatic rings. The van der Waals surface area contributed by atoms with E-state index in [-0.39, 0.29) is 11.8 Å². The van der Waals surface area contributed by atoms with Crippen LogP contribution in [0, 0.1) is 23.7 Å². The van der Waals surface area contributed by atoms with Gasteiger partial charge in [-0.3, -0.25) is 0 Å². The number of fused-ring (bicyclic) bond motifs is 2. The topological polar surface area (TPSA) is 80.3 Å². The van der Waals surface area contributed by atoms with Gasteiger partial charge >= 0.3 is 0 Å². The van der Waals surface area contributed by atoms with Crippen LogP contribution in [-0.2, 0) is 9.59 Å². The molecule has 13 heavy (non-hydrogen) atoms. The normalized spacial score (nSPS) is 42.2. The minimum Gasteiger partial charge on any atom is -0.550 e. The predicted octanol–water partition coefficient (Wildman–Crippen LogP) is -1.85. The van der Waals surface area contributed by atoms with Crippen LogP contribution >= 0.6 is 0 Å². The lowest BCUT2D eigenvalue weighted by Crippen LogP contribution is -2.46. The van der Waals surface area contributed by atoms with E-state index in [1.165, 1.54) is 0 Å². The van der Waals surface area contributed by atoms with E-state index in [0.717, 1.165) is 19.3 Å². The van der Waals surface area contributed by atoms with Gasteiger partial charge in [-0.15, -0.1) is 0 Å². The molecule has 2 rings (SSSR count). The smallest absolute Gasteiger partial charge is 0.0454 e. The number of hydrogen-bond acceptors (Lipinski definition) is 4. The second kappa shape index (κ2) is 2.72. The van der Waals surface area contributed by atoms with E-state index in [0.29, 0.717) is 0 Å². The highest BCUT2D eigenvalue weighted by atomic mass is 16.4. The summed E-state index contributed by atoms with van der Waals surface area (Å²) in [5.74, 6) is -4.02. The minimum absolute atomic E-state index is 0.0119. The summed E-state index contributed by atoms with van der Waals surface area (Å²) in [6.07, 6.45) is 2.37.